The van der Waals surface area contributed by atoms with E-state index in [2.05, 4.69) is 35.0 Å². The van der Waals surface area contributed by atoms with Gasteiger partial charge in [0.1, 0.15) is 17.7 Å². The minimum Gasteiger partial charge on any atom is -0.444 e. The molecule has 3 heterocycles. The molecule has 34 heavy (non-hydrogen) atoms. The summed E-state index contributed by atoms with van der Waals surface area (Å²) in [6, 6.07) is 7.16. The highest BCUT2D eigenvalue weighted by Crippen LogP contribution is 2.53. The predicted molar refractivity (Wildman–Crippen MR) is 133 cm³/mol. The number of carbonyl (C=O) groups is 1. The third kappa shape index (κ3) is 3.66. The average Bonchev–Trinajstić information content (AvgIpc) is 3.52. The molecule has 6 rings (SSSR count). The summed E-state index contributed by atoms with van der Waals surface area (Å²) in [7, 11) is 0. The first-order chi connectivity index (χ1) is 16.2. The highest BCUT2D eigenvalue weighted by atomic mass is 16.6. The minimum atomic E-state index is -0.466. The quantitative estimate of drug-likeness (QED) is 0.565. The van der Waals surface area contributed by atoms with Crippen molar-refractivity contribution in [3.63, 3.8) is 0 Å². The number of piperidine rings is 1. The number of ether oxygens (including phenoxy) is 1. The molecule has 180 valence electrons. The van der Waals surface area contributed by atoms with E-state index in [0.29, 0.717) is 5.92 Å². The lowest BCUT2D eigenvalue weighted by Gasteiger charge is -2.40. The van der Waals surface area contributed by atoms with Crippen LogP contribution in [0.15, 0.2) is 24.5 Å². The van der Waals surface area contributed by atoms with Crippen molar-refractivity contribution in [2.24, 2.45) is 0 Å². The number of nitrogens with zero attached hydrogens (tertiary/aromatic N) is 4. The van der Waals surface area contributed by atoms with E-state index in [-0.39, 0.29) is 11.5 Å². The Bertz CT molecular complexity index is 1130. The molecule has 1 aromatic carbocycles. The second-order valence-electron chi connectivity index (χ2n) is 11.9. The Balaban J connectivity index is 1.34. The zero-order chi connectivity index (χ0) is 23.7. The molecule has 6 nitrogen and oxygen atoms in total. The Morgan fingerprint density at radius 2 is 1.88 bits per heavy atom. The van der Waals surface area contributed by atoms with E-state index in [0.717, 1.165) is 57.1 Å². The standard InChI is InChI=1S/C28H36N4O2/c1-18-5-9-22-24(18)25(30-17-29-22)32-16-28(21-15-20(19-6-7-19)8-10-23(21)32)11-13-31(14-12-28)26(33)34-27(2,3)4/h8,10,15,17-19H,5-7,9,11-14,16H2,1-4H3. The third-order valence-electron chi connectivity index (χ3n) is 8.27. The molecule has 2 aliphatic heterocycles. The molecule has 1 saturated heterocycles. The summed E-state index contributed by atoms with van der Waals surface area (Å²) in [5.41, 5.74) is 6.37. The van der Waals surface area contributed by atoms with Crippen LogP contribution < -0.4 is 4.90 Å². The number of carbonyl (C=O) groups excluding carboxylic acids is 1. The fourth-order valence-corrected chi connectivity index (χ4v) is 6.26. The van der Waals surface area contributed by atoms with Gasteiger partial charge < -0.3 is 14.5 Å². The van der Waals surface area contributed by atoms with E-state index in [1.165, 1.54) is 40.9 Å². The van der Waals surface area contributed by atoms with Crippen LogP contribution in [0.5, 0.6) is 0 Å². The smallest absolute Gasteiger partial charge is 0.410 e. The van der Waals surface area contributed by atoms with Crippen molar-refractivity contribution < 1.29 is 9.53 Å². The molecule has 1 unspecified atom stereocenters. The lowest BCUT2D eigenvalue weighted by molar-refractivity contribution is 0.0171. The maximum atomic E-state index is 12.7. The normalized spacial score (nSPS) is 23.2. The predicted octanol–water partition coefficient (Wildman–Crippen LogP) is 5.82. The molecule has 0 N–H and O–H groups in total. The van der Waals surface area contributed by atoms with Gasteiger partial charge >= 0.3 is 6.09 Å². The highest BCUT2D eigenvalue weighted by Gasteiger charge is 2.47. The van der Waals surface area contributed by atoms with Crippen molar-refractivity contribution >= 4 is 17.6 Å². The van der Waals surface area contributed by atoms with E-state index in [4.69, 9.17) is 9.72 Å². The van der Waals surface area contributed by atoms with Crippen LogP contribution in [0.4, 0.5) is 16.3 Å². The number of aryl methyl sites for hydroxylation is 1. The SMILES string of the molecule is CC1CCc2ncnc(N3CC4(CCN(C(=O)OC(C)(C)C)CC4)c4cc(C5CC5)ccc43)c21. The number of rotatable bonds is 2. The molecule has 1 atom stereocenters. The summed E-state index contributed by atoms with van der Waals surface area (Å²) in [6.45, 7) is 10.5. The number of hydrogen-bond donors (Lipinski definition) is 0. The fourth-order valence-electron chi connectivity index (χ4n) is 6.26. The number of fused-ring (bicyclic) bond motifs is 3. The zero-order valence-corrected chi connectivity index (χ0v) is 20.9. The summed E-state index contributed by atoms with van der Waals surface area (Å²) >= 11 is 0. The van der Waals surface area contributed by atoms with Crippen LogP contribution in [-0.4, -0.2) is 46.2 Å². The molecule has 1 spiro atoms. The molecule has 6 heteroatoms. The fraction of sp³-hybridized carbons (Fsp3) is 0.607. The number of hydrogen-bond acceptors (Lipinski definition) is 5. The molecule has 0 bridgehead atoms. The summed E-state index contributed by atoms with van der Waals surface area (Å²) in [5.74, 6) is 2.31. The first-order valence-electron chi connectivity index (χ1n) is 13.0. The Kier molecular flexibility index (Phi) is 4.95. The lowest BCUT2D eigenvalue weighted by Crippen LogP contribution is -2.48. The van der Waals surface area contributed by atoms with Crippen molar-refractivity contribution in [2.75, 3.05) is 24.5 Å². The first-order valence-corrected chi connectivity index (χ1v) is 13.0. The van der Waals surface area contributed by atoms with E-state index in [1.807, 2.05) is 25.7 Å². The maximum Gasteiger partial charge on any atom is 0.410 e. The van der Waals surface area contributed by atoms with Gasteiger partial charge in [-0.25, -0.2) is 14.8 Å². The average molecular weight is 461 g/mol. The largest absolute Gasteiger partial charge is 0.444 e. The van der Waals surface area contributed by atoms with Gasteiger partial charge in [-0.05, 0) is 88.3 Å². The minimum absolute atomic E-state index is 0.0401. The van der Waals surface area contributed by atoms with Gasteiger partial charge in [-0.3, -0.25) is 0 Å². The Morgan fingerprint density at radius 1 is 1.12 bits per heavy atom. The van der Waals surface area contributed by atoms with Crippen molar-refractivity contribution in [2.45, 2.75) is 89.1 Å². The van der Waals surface area contributed by atoms with Crippen molar-refractivity contribution in [3.8, 4) is 0 Å². The van der Waals surface area contributed by atoms with Gasteiger partial charge in [-0.1, -0.05) is 19.1 Å². The van der Waals surface area contributed by atoms with Gasteiger partial charge in [0.05, 0.1) is 0 Å². The third-order valence-corrected chi connectivity index (χ3v) is 8.27. The Hall–Kier alpha value is -2.63. The van der Waals surface area contributed by atoms with E-state index >= 15 is 0 Å². The van der Waals surface area contributed by atoms with Gasteiger partial charge in [0.2, 0.25) is 0 Å². The van der Waals surface area contributed by atoms with Crippen LogP contribution in [0.3, 0.4) is 0 Å². The molecular formula is C28H36N4O2. The molecule has 1 amide bonds. The molecule has 1 saturated carbocycles. The lowest BCUT2D eigenvalue weighted by atomic mass is 9.74. The molecule has 2 fully saturated rings. The summed E-state index contributed by atoms with van der Waals surface area (Å²) in [5, 5.41) is 0. The first kappa shape index (κ1) is 21.9. The van der Waals surface area contributed by atoms with Gasteiger partial charge in [-0.2, -0.15) is 0 Å². The second kappa shape index (κ2) is 7.69. The Morgan fingerprint density at radius 3 is 2.59 bits per heavy atom. The number of likely N-dealkylation sites (tertiary alicyclic amines) is 1. The molecule has 4 aliphatic rings. The summed E-state index contributed by atoms with van der Waals surface area (Å²) in [6.07, 6.45) is 8.27. The van der Waals surface area contributed by atoms with Crippen molar-refractivity contribution in [1.29, 1.82) is 0 Å². The van der Waals surface area contributed by atoms with Crippen LogP contribution in [0, 0.1) is 0 Å². The summed E-state index contributed by atoms with van der Waals surface area (Å²) in [4.78, 5) is 26.6. The Labute approximate surface area is 202 Å². The van der Waals surface area contributed by atoms with Crippen LogP contribution in [0.2, 0.25) is 0 Å². The van der Waals surface area contributed by atoms with Gasteiger partial charge in [0, 0.05) is 42.0 Å². The monoisotopic (exact) mass is 460 g/mol. The van der Waals surface area contributed by atoms with E-state index < -0.39 is 5.60 Å². The highest BCUT2D eigenvalue weighted by molar-refractivity contribution is 5.75. The molecule has 2 aliphatic carbocycles. The van der Waals surface area contributed by atoms with Crippen molar-refractivity contribution in [3.05, 3.63) is 46.9 Å². The van der Waals surface area contributed by atoms with Gasteiger partial charge in [0.25, 0.3) is 0 Å². The molecule has 1 aromatic heterocycles. The van der Waals surface area contributed by atoms with E-state index in [9.17, 15) is 4.79 Å². The van der Waals surface area contributed by atoms with E-state index in [1.54, 1.807) is 6.33 Å². The van der Waals surface area contributed by atoms with Crippen LogP contribution in [-0.2, 0) is 16.6 Å². The number of benzene rings is 1. The maximum absolute atomic E-state index is 12.7. The second-order valence-corrected chi connectivity index (χ2v) is 11.9. The van der Waals surface area contributed by atoms with Gasteiger partial charge in [-0.15, -0.1) is 0 Å². The molecule has 2 aromatic rings. The summed E-state index contributed by atoms with van der Waals surface area (Å²) < 4.78 is 5.67. The topological polar surface area (TPSA) is 58.6 Å². The van der Waals surface area contributed by atoms with Crippen LogP contribution in [0.1, 0.15) is 94.0 Å². The zero-order valence-electron chi connectivity index (χ0n) is 20.9. The molecular weight excluding hydrogens is 424 g/mol. The number of anilines is 2. The molecule has 0 radical (unpaired) electrons. The van der Waals surface area contributed by atoms with Crippen molar-refractivity contribution in [1.82, 2.24) is 14.9 Å². The van der Waals surface area contributed by atoms with Crippen LogP contribution >= 0.6 is 0 Å². The van der Waals surface area contributed by atoms with Crippen LogP contribution in [0.25, 0.3) is 0 Å². The number of amides is 1. The number of aromatic nitrogens is 2. The van der Waals surface area contributed by atoms with Gasteiger partial charge in [0.15, 0.2) is 0 Å².